The summed E-state index contributed by atoms with van der Waals surface area (Å²) in [6, 6.07) is 1.41. The standard InChI is InChI=1S/C20H27ClN6O6S/c1-11(19(31)32)27(2)18(30)13-6-5-12(8-14(13)21)25-17(29)15(4-3-7-24-20(22)33)26-16(28)9-23-10-34/h5-6,8,10-11,15H,3-4,7,9H2,1-2H3,(H,23,34)(H,25,29)(H,26,28)(H,31,32)(H3,22,24,33)/t11-,15?/m0/s1. The van der Waals surface area contributed by atoms with Gasteiger partial charge in [0.1, 0.15) is 12.1 Å². The highest BCUT2D eigenvalue weighted by atomic mass is 35.5. The van der Waals surface area contributed by atoms with Gasteiger partial charge in [-0.25, -0.2) is 9.59 Å². The molecule has 0 fully saturated rings. The van der Waals surface area contributed by atoms with Crippen LogP contribution in [-0.4, -0.2) is 77.4 Å². The lowest BCUT2D eigenvalue weighted by molar-refractivity contribution is -0.141. The molecule has 0 aromatic heterocycles. The number of halogens is 1. The van der Waals surface area contributed by atoms with Gasteiger partial charge in [-0.05, 0) is 38.0 Å². The molecular weight excluding hydrogens is 488 g/mol. The number of thiocarbonyl (C=S) groups is 1. The van der Waals surface area contributed by atoms with Crippen LogP contribution >= 0.6 is 23.8 Å². The van der Waals surface area contributed by atoms with Crippen molar-refractivity contribution in [2.24, 2.45) is 5.73 Å². The van der Waals surface area contributed by atoms with Crippen LogP contribution in [0.1, 0.15) is 30.1 Å². The molecule has 7 N–H and O–H groups in total. The lowest BCUT2D eigenvalue weighted by atomic mass is 10.1. The van der Waals surface area contributed by atoms with Gasteiger partial charge in [-0.1, -0.05) is 23.8 Å². The largest absolute Gasteiger partial charge is 0.480 e. The highest BCUT2D eigenvalue weighted by Gasteiger charge is 2.25. The summed E-state index contributed by atoms with van der Waals surface area (Å²) in [6.07, 6.45) is 0.543. The van der Waals surface area contributed by atoms with Crippen molar-refractivity contribution in [1.82, 2.24) is 20.9 Å². The number of carbonyl (C=O) groups is 5. The number of hydrogen-bond acceptors (Lipinski definition) is 6. The third-order valence-electron chi connectivity index (χ3n) is 4.69. The maximum absolute atomic E-state index is 12.8. The number of likely N-dealkylation sites (N-methyl/N-ethyl adjacent to an activating group) is 1. The molecule has 186 valence electrons. The van der Waals surface area contributed by atoms with E-state index in [1.807, 2.05) is 0 Å². The number of carboxylic acid groups (broad SMARTS) is 1. The van der Waals surface area contributed by atoms with Crippen LogP contribution in [0.5, 0.6) is 0 Å². The highest BCUT2D eigenvalue weighted by molar-refractivity contribution is 7.78. The van der Waals surface area contributed by atoms with Gasteiger partial charge in [0.2, 0.25) is 11.8 Å². The molecule has 12 nitrogen and oxygen atoms in total. The third kappa shape index (κ3) is 9.19. The number of carboxylic acids is 1. The van der Waals surface area contributed by atoms with Crippen molar-refractivity contribution >= 4 is 64.7 Å². The molecule has 0 saturated carbocycles. The summed E-state index contributed by atoms with van der Waals surface area (Å²) < 4.78 is 0. The van der Waals surface area contributed by atoms with Crippen LogP contribution in [0.2, 0.25) is 5.02 Å². The zero-order valence-electron chi connectivity index (χ0n) is 18.6. The van der Waals surface area contributed by atoms with Crippen molar-refractivity contribution in [1.29, 1.82) is 0 Å². The molecule has 0 bridgehead atoms. The van der Waals surface area contributed by atoms with Crippen molar-refractivity contribution in [3.63, 3.8) is 0 Å². The second-order valence-corrected chi connectivity index (χ2v) is 7.81. The number of hydrogen-bond donors (Lipinski definition) is 6. The first kappa shape index (κ1) is 28.6. The number of carbonyl (C=O) groups excluding carboxylic acids is 4. The van der Waals surface area contributed by atoms with E-state index in [4.69, 9.17) is 22.4 Å². The van der Waals surface area contributed by atoms with Crippen molar-refractivity contribution in [3.8, 4) is 0 Å². The average molecular weight is 515 g/mol. The maximum Gasteiger partial charge on any atom is 0.326 e. The Morgan fingerprint density at radius 3 is 2.50 bits per heavy atom. The van der Waals surface area contributed by atoms with Crippen LogP contribution in [0.15, 0.2) is 18.2 Å². The van der Waals surface area contributed by atoms with E-state index in [2.05, 4.69) is 33.5 Å². The molecule has 0 aliphatic rings. The number of nitrogens with one attached hydrogen (secondary N) is 4. The number of aliphatic carboxylic acids is 1. The predicted molar refractivity (Wildman–Crippen MR) is 130 cm³/mol. The summed E-state index contributed by atoms with van der Waals surface area (Å²) in [5, 5.41) is 19.2. The Morgan fingerprint density at radius 2 is 1.94 bits per heavy atom. The molecule has 14 heteroatoms. The van der Waals surface area contributed by atoms with Crippen LogP contribution in [0, 0.1) is 0 Å². The fraction of sp³-hybridized carbons (Fsp3) is 0.400. The normalized spacial score (nSPS) is 12.0. The van der Waals surface area contributed by atoms with Gasteiger partial charge in [0.05, 0.1) is 22.6 Å². The van der Waals surface area contributed by atoms with Crippen molar-refractivity contribution in [2.75, 3.05) is 25.5 Å². The molecule has 0 aliphatic heterocycles. The smallest absolute Gasteiger partial charge is 0.326 e. The van der Waals surface area contributed by atoms with Gasteiger partial charge in [-0.15, -0.1) is 0 Å². The minimum absolute atomic E-state index is 0.00339. The van der Waals surface area contributed by atoms with E-state index in [1.165, 1.54) is 37.7 Å². The highest BCUT2D eigenvalue weighted by Crippen LogP contribution is 2.23. The summed E-state index contributed by atoms with van der Waals surface area (Å²) in [6.45, 7) is 1.44. The van der Waals surface area contributed by atoms with E-state index in [0.29, 0.717) is 6.42 Å². The monoisotopic (exact) mass is 514 g/mol. The van der Waals surface area contributed by atoms with E-state index < -0.39 is 41.8 Å². The number of nitrogens with zero attached hydrogens (tertiary/aromatic N) is 1. The molecule has 0 spiro atoms. The molecule has 0 radical (unpaired) electrons. The summed E-state index contributed by atoms with van der Waals surface area (Å²) >= 11 is 10.8. The molecule has 0 aliphatic carbocycles. The van der Waals surface area contributed by atoms with E-state index in [0.717, 1.165) is 4.90 Å². The molecule has 1 aromatic rings. The van der Waals surface area contributed by atoms with E-state index in [1.54, 1.807) is 0 Å². The van der Waals surface area contributed by atoms with Crippen molar-refractivity contribution in [3.05, 3.63) is 28.8 Å². The first-order valence-electron chi connectivity index (χ1n) is 10.1. The zero-order valence-corrected chi connectivity index (χ0v) is 20.2. The van der Waals surface area contributed by atoms with Gasteiger partial charge in [0.15, 0.2) is 0 Å². The minimum atomic E-state index is -1.17. The molecule has 34 heavy (non-hydrogen) atoms. The number of rotatable bonds is 13. The number of anilines is 1. The Kier molecular flexibility index (Phi) is 11.7. The molecule has 1 aromatic carbocycles. The number of benzene rings is 1. The summed E-state index contributed by atoms with van der Waals surface area (Å²) in [5.74, 6) is -2.80. The van der Waals surface area contributed by atoms with E-state index in [-0.39, 0.29) is 35.8 Å². The van der Waals surface area contributed by atoms with E-state index >= 15 is 0 Å². The lowest BCUT2D eigenvalue weighted by Gasteiger charge is -2.22. The average Bonchev–Trinajstić information content (AvgIpc) is 2.77. The van der Waals surface area contributed by atoms with Crippen LogP contribution in [0.25, 0.3) is 0 Å². The van der Waals surface area contributed by atoms with Gasteiger partial charge in [-0.2, -0.15) is 0 Å². The van der Waals surface area contributed by atoms with Gasteiger partial charge in [0.25, 0.3) is 5.91 Å². The van der Waals surface area contributed by atoms with Crippen LogP contribution in [0.3, 0.4) is 0 Å². The van der Waals surface area contributed by atoms with Crippen molar-refractivity contribution < 1.29 is 29.1 Å². The molecule has 5 amide bonds. The first-order chi connectivity index (χ1) is 16.0. The molecular formula is C20H27ClN6O6S. The number of amides is 5. The van der Waals surface area contributed by atoms with Gasteiger partial charge in [0, 0.05) is 19.3 Å². The Bertz CT molecular complexity index is 946. The fourth-order valence-electron chi connectivity index (χ4n) is 2.69. The Labute approximate surface area is 206 Å². The number of urea groups is 1. The summed E-state index contributed by atoms with van der Waals surface area (Å²) in [4.78, 5) is 60.3. The summed E-state index contributed by atoms with van der Waals surface area (Å²) in [5.41, 5.74) is 6.50. The molecule has 0 heterocycles. The SMILES string of the molecule is C[C@@H](C(=O)O)N(C)C(=O)c1ccc(NC(=O)C(CCCNC(N)=O)NC(=O)CNC=S)cc1Cl. The quantitative estimate of drug-likeness (QED) is 0.160. The molecule has 1 unspecified atom stereocenters. The topological polar surface area (TPSA) is 183 Å². The van der Waals surface area contributed by atoms with Gasteiger partial charge >= 0.3 is 12.0 Å². The van der Waals surface area contributed by atoms with E-state index in [9.17, 15) is 24.0 Å². The van der Waals surface area contributed by atoms with Gasteiger partial charge < -0.3 is 37.0 Å². The van der Waals surface area contributed by atoms with Crippen LogP contribution < -0.4 is 27.0 Å². The Morgan fingerprint density at radius 1 is 1.26 bits per heavy atom. The van der Waals surface area contributed by atoms with Crippen LogP contribution in [-0.2, 0) is 14.4 Å². The Balaban J connectivity index is 2.92. The molecule has 1 rings (SSSR count). The fourth-order valence-corrected chi connectivity index (χ4v) is 3.04. The summed E-state index contributed by atoms with van der Waals surface area (Å²) in [7, 11) is 1.34. The van der Waals surface area contributed by atoms with Gasteiger partial charge in [-0.3, -0.25) is 14.4 Å². The maximum atomic E-state index is 12.8. The predicted octanol–water partition coefficient (Wildman–Crippen LogP) is 0.304. The molecule has 0 saturated heterocycles. The first-order valence-corrected chi connectivity index (χ1v) is 10.9. The number of nitrogens with two attached hydrogens (primary N) is 1. The second kappa shape index (κ2) is 14.0. The third-order valence-corrected chi connectivity index (χ3v) is 5.17. The van der Waals surface area contributed by atoms with Crippen molar-refractivity contribution in [2.45, 2.75) is 31.8 Å². The molecule has 2 atom stereocenters. The zero-order chi connectivity index (χ0) is 25.8. The minimum Gasteiger partial charge on any atom is -0.480 e. The lowest BCUT2D eigenvalue weighted by Crippen LogP contribution is -2.47. The van der Waals surface area contributed by atoms with Crippen LogP contribution in [0.4, 0.5) is 10.5 Å². The second-order valence-electron chi connectivity index (χ2n) is 7.17. The Hall–Kier alpha value is -3.45. The number of primary amides is 1.